The smallest absolute Gasteiger partial charge is 0.291 e. The summed E-state index contributed by atoms with van der Waals surface area (Å²) < 4.78 is 8.26. The van der Waals surface area contributed by atoms with Crippen molar-refractivity contribution in [2.45, 2.75) is 32.4 Å². The first-order valence-corrected chi connectivity index (χ1v) is 9.26. The van der Waals surface area contributed by atoms with Gasteiger partial charge in [-0.3, -0.25) is 14.0 Å². The van der Waals surface area contributed by atoms with Gasteiger partial charge in [-0.2, -0.15) is 5.10 Å². The quantitative estimate of drug-likeness (QED) is 0.565. The molecule has 0 aliphatic heterocycles. The molecule has 0 radical (unpaired) electrons. The van der Waals surface area contributed by atoms with Crippen LogP contribution in [0.4, 0.5) is 0 Å². The number of furan rings is 1. The van der Waals surface area contributed by atoms with Crippen LogP contribution in [0.2, 0.25) is 0 Å². The highest BCUT2D eigenvalue weighted by atomic mass is 32.1. The van der Waals surface area contributed by atoms with Crippen LogP contribution in [-0.4, -0.2) is 26.1 Å². The maximum absolute atomic E-state index is 12.6. The number of hydrogen-bond donors (Lipinski definition) is 1. The van der Waals surface area contributed by atoms with Gasteiger partial charge in [0.25, 0.3) is 5.56 Å². The van der Waals surface area contributed by atoms with E-state index in [1.807, 2.05) is 36.6 Å². The minimum absolute atomic E-state index is 0.0225. The van der Waals surface area contributed by atoms with Gasteiger partial charge >= 0.3 is 0 Å². The van der Waals surface area contributed by atoms with Gasteiger partial charge < -0.3 is 9.73 Å². The van der Waals surface area contributed by atoms with Crippen molar-refractivity contribution in [2.75, 3.05) is 0 Å². The van der Waals surface area contributed by atoms with Gasteiger partial charge in [0.05, 0.1) is 6.26 Å². The van der Waals surface area contributed by atoms with Crippen molar-refractivity contribution in [1.29, 1.82) is 0 Å². The van der Waals surface area contributed by atoms with Crippen molar-refractivity contribution in [2.24, 2.45) is 0 Å². The molecule has 0 bridgehead atoms. The van der Waals surface area contributed by atoms with Gasteiger partial charge in [-0.1, -0.05) is 0 Å². The van der Waals surface area contributed by atoms with E-state index in [0.717, 1.165) is 28.8 Å². The van der Waals surface area contributed by atoms with Crippen LogP contribution < -0.4 is 10.9 Å². The molecule has 4 rings (SSSR count). The molecule has 134 valence electrons. The molecule has 0 saturated carbocycles. The summed E-state index contributed by atoms with van der Waals surface area (Å²) in [6, 6.07) is 7.53. The van der Waals surface area contributed by atoms with Gasteiger partial charge in [-0.15, -0.1) is 11.3 Å². The van der Waals surface area contributed by atoms with E-state index in [2.05, 4.69) is 10.4 Å². The Kier molecular flexibility index (Phi) is 4.34. The average Bonchev–Trinajstić information content (AvgIpc) is 3.32. The Hall–Kier alpha value is -2.87. The van der Waals surface area contributed by atoms with E-state index >= 15 is 0 Å². The summed E-state index contributed by atoms with van der Waals surface area (Å²) in [5.74, 6) is 0.659. The van der Waals surface area contributed by atoms with E-state index in [4.69, 9.17) is 4.42 Å². The Morgan fingerprint density at radius 1 is 1.42 bits per heavy atom. The predicted octanol–water partition coefficient (Wildman–Crippen LogP) is 2.44. The van der Waals surface area contributed by atoms with Crippen molar-refractivity contribution in [3.05, 3.63) is 58.4 Å². The zero-order valence-electron chi connectivity index (χ0n) is 14.2. The first-order valence-electron chi connectivity index (χ1n) is 8.38. The fourth-order valence-corrected chi connectivity index (χ4v) is 3.84. The number of fused-ring (bicyclic) bond motifs is 3. The van der Waals surface area contributed by atoms with Crippen molar-refractivity contribution in [3.63, 3.8) is 0 Å². The van der Waals surface area contributed by atoms with Crippen LogP contribution in [-0.2, 0) is 17.8 Å². The molecule has 26 heavy (non-hydrogen) atoms. The molecule has 4 aromatic heterocycles. The molecule has 0 aliphatic rings. The molecular formula is C18H18N4O3S. The highest BCUT2D eigenvalue weighted by Crippen LogP contribution is 2.22. The maximum Gasteiger partial charge on any atom is 0.291 e. The normalized spacial score (nSPS) is 12.7. The second-order valence-corrected chi connectivity index (χ2v) is 7.16. The van der Waals surface area contributed by atoms with Crippen molar-refractivity contribution in [1.82, 2.24) is 19.5 Å². The fraction of sp³-hybridized carbons (Fsp3) is 0.278. The van der Waals surface area contributed by atoms with Crippen LogP contribution in [0.1, 0.15) is 19.1 Å². The lowest BCUT2D eigenvalue weighted by Crippen LogP contribution is -2.38. The molecule has 0 aliphatic carbocycles. The zero-order chi connectivity index (χ0) is 18.1. The molecule has 8 heteroatoms. The zero-order valence-corrected chi connectivity index (χ0v) is 15.0. The van der Waals surface area contributed by atoms with E-state index in [1.165, 1.54) is 4.68 Å². The Labute approximate surface area is 152 Å². The minimum atomic E-state index is -0.269. The number of carbonyl (C=O) groups excluding carboxylic acids is 1. The number of amides is 1. The number of hydrogen-bond acceptors (Lipinski definition) is 5. The van der Waals surface area contributed by atoms with Gasteiger partial charge in [0, 0.05) is 17.8 Å². The van der Waals surface area contributed by atoms with Gasteiger partial charge in [-0.25, -0.2) is 4.68 Å². The number of nitrogens with one attached hydrogen (secondary N) is 1. The third-order valence-electron chi connectivity index (χ3n) is 4.31. The molecule has 7 nitrogen and oxygen atoms in total. The average molecular weight is 370 g/mol. The van der Waals surface area contributed by atoms with Crippen molar-refractivity contribution in [3.8, 4) is 0 Å². The minimum Gasteiger partial charge on any atom is -0.469 e. The van der Waals surface area contributed by atoms with E-state index in [1.54, 1.807) is 28.3 Å². The molecule has 4 heterocycles. The van der Waals surface area contributed by atoms with Gasteiger partial charge in [0.2, 0.25) is 5.91 Å². The number of nitrogens with zero attached hydrogens (tertiary/aromatic N) is 3. The van der Waals surface area contributed by atoms with Crippen molar-refractivity contribution < 1.29 is 9.21 Å². The topological polar surface area (TPSA) is 81.5 Å². The van der Waals surface area contributed by atoms with Gasteiger partial charge in [0.15, 0.2) is 0 Å². The second-order valence-electron chi connectivity index (χ2n) is 6.26. The lowest BCUT2D eigenvalue weighted by atomic mass is 10.1. The molecule has 0 spiro atoms. The SMILES string of the molecule is C[C@@H](CCc1ccco1)NC(=O)Cn1ncn2c(cc3ccsc32)c1=O. The van der Waals surface area contributed by atoms with Crippen LogP contribution in [0, 0.1) is 0 Å². The van der Waals surface area contributed by atoms with E-state index < -0.39 is 0 Å². The number of aromatic nitrogens is 3. The first kappa shape index (κ1) is 16.6. The molecule has 0 unspecified atom stereocenters. The Bertz CT molecular complexity index is 1110. The lowest BCUT2D eigenvalue weighted by molar-refractivity contribution is -0.122. The second kappa shape index (κ2) is 6.80. The molecule has 1 amide bonds. The third kappa shape index (κ3) is 3.15. The molecule has 0 saturated heterocycles. The highest BCUT2D eigenvalue weighted by molar-refractivity contribution is 7.16. The van der Waals surface area contributed by atoms with Crippen LogP contribution in [0.5, 0.6) is 0 Å². The largest absolute Gasteiger partial charge is 0.469 e. The van der Waals surface area contributed by atoms with Gasteiger partial charge in [0.1, 0.15) is 29.0 Å². The first-order chi connectivity index (χ1) is 12.6. The molecule has 4 aromatic rings. The van der Waals surface area contributed by atoms with Crippen LogP contribution in [0.15, 0.2) is 51.4 Å². The van der Waals surface area contributed by atoms with E-state index in [9.17, 15) is 9.59 Å². The Morgan fingerprint density at radius 2 is 2.31 bits per heavy atom. The maximum atomic E-state index is 12.6. The van der Waals surface area contributed by atoms with Crippen LogP contribution >= 0.6 is 11.3 Å². The van der Waals surface area contributed by atoms with E-state index in [0.29, 0.717) is 5.52 Å². The fourth-order valence-electron chi connectivity index (χ4n) is 2.98. The Morgan fingerprint density at radius 3 is 3.12 bits per heavy atom. The third-order valence-corrected chi connectivity index (χ3v) is 5.24. The van der Waals surface area contributed by atoms with Gasteiger partial charge in [-0.05, 0) is 43.0 Å². The summed E-state index contributed by atoms with van der Waals surface area (Å²) in [4.78, 5) is 25.8. The van der Waals surface area contributed by atoms with E-state index in [-0.39, 0.29) is 24.1 Å². The lowest BCUT2D eigenvalue weighted by Gasteiger charge is -2.13. The number of rotatable bonds is 6. The molecule has 1 N–H and O–H groups in total. The standard InChI is InChI=1S/C18H18N4O3S/c1-12(4-5-14-3-2-7-25-14)20-16(23)10-22-17(24)15-9-13-6-8-26-18(13)21(15)11-19-22/h2-3,6-9,11-12H,4-5,10H2,1H3,(H,20,23)/t12-/m0/s1. The molecular weight excluding hydrogens is 352 g/mol. The summed E-state index contributed by atoms with van der Waals surface area (Å²) in [6.07, 6.45) is 4.73. The number of aryl methyl sites for hydroxylation is 1. The highest BCUT2D eigenvalue weighted by Gasteiger charge is 2.13. The number of carbonyl (C=O) groups is 1. The molecule has 0 fully saturated rings. The number of thiophene rings is 1. The van der Waals surface area contributed by atoms with Crippen LogP contribution in [0.3, 0.4) is 0 Å². The summed E-state index contributed by atoms with van der Waals surface area (Å²) in [5.41, 5.74) is 0.259. The molecule has 1 atom stereocenters. The van der Waals surface area contributed by atoms with Crippen molar-refractivity contribution >= 4 is 33.0 Å². The summed E-state index contributed by atoms with van der Waals surface area (Å²) in [5, 5.41) is 10.0. The Balaban J connectivity index is 1.43. The summed E-state index contributed by atoms with van der Waals surface area (Å²) in [7, 11) is 0. The monoisotopic (exact) mass is 370 g/mol. The van der Waals surface area contributed by atoms with Crippen LogP contribution in [0.25, 0.3) is 15.7 Å². The summed E-state index contributed by atoms with van der Waals surface area (Å²) in [6.45, 7) is 1.83. The molecule has 0 aromatic carbocycles. The summed E-state index contributed by atoms with van der Waals surface area (Å²) >= 11 is 1.55. The predicted molar refractivity (Wildman–Crippen MR) is 99.5 cm³/mol.